The zero-order valence-corrected chi connectivity index (χ0v) is 13.1. The number of hydrogen-bond acceptors (Lipinski definition) is 4. The van der Waals surface area contributed by atoms with E-state index in [9.17, 15) is 9.00 Å². The maximum Gasteiger partial charge on any atom is 0.235 e. The Morgan fingerprint density at radius 2 is 2.25 bits per heavy atom. The van der Waals surface area contributed by atoms with E-state index in [2.05, 4.69) is 5.32 Å². The van der Waals surface area contributed by atoms with Gasteiger partial charge in [0, 0.05) is 25.9 Å². The van der Waals surface area contributed by atoms with E-state index in [0.717, 1.165) is 0 Å². The maximum absolute atomic E-state index is 12.4. The van der Waals surface area contributed by atoms with Crippen LogP contribution in [0, 0.1) is 0 Å². The topological polar surface area (TPSA) is 81.4 Å². The lowest BCUT2D eigenvalue weighted by Crippen LogP contribution is -2.36. The van der Waals surface area contributed by atoms with E-state index in [-0.39, 0.29) is 5.91 Å². The average molecular weight is 319 g/mol. The molecule has 0 fully saturated rings. The first-order valence-corrected chi connectivity index (χ1v) is 7.79. The molecule has 0 spiro atoms. The molecule has 0 heterocycles. The molecule has 0 saturated carbocycles. The monoisotopic (exact) mass is 318 g/mol. The Balaban J connectivity index is 2.69. The third kappa shape index (κ3) is 4.47. The van der Waals surface area contributed by atoms with Crippen molar-refractivity contribution in [1.82, 2.24) is 5.32 Å². The zero-order valence-electron chi connectivity index (χ0n) is 11.5. The molecule has 0 aliphatic heterocycles. The molecule has 1 amide bonds. The molecule has 2 atom stereocenters. The van der Waals surface area contributed by atoms with Crippen LogP contribution in [0.2, 0.25) is 5.02 Å². The van der Waals surface area contributed by atoms with Crippen LogP contribution in [-0.2, 0) is 20.3 Å². The van der Waals surface area contributed by atoms with Gasteiger partial charge in [-0.15, -0.1) is 0 Å². The van der Waals surface area contributed by atoms with E-state index in [4.69, 9.17) is 22.1 Å². The number of amides is 1. The molecule has 0 saturated heterocycles. The fraction of sp³-hybridized carbons (Fsp3) is 0.462. The molecule has 1 aromatic rings. The minimum atomic E-state index is -1.59. The highest BCUT2D eigenvalue weighted by Gasteiger charge is 2.24. The van der Waals surface area contributed by atoms with Gasteiger partial charge in [0.25, 0.3) is 0 Å². The highest BCUT2D eigenvalue weighted by molar-refractivity contribution is 7.86. The van der Waals surface area contributed by atoms with Crippen LogP contribution >= 0.6 is 11.6 Å². The number of nitrogens with one attached hydrogen (secondary N) is 1. The minimum absolute atomic E-state index is 0.293. The van der Waals surface area contributed by atoms with E-state index in [0.29, 0.717) is 35.2 Å². The number of anilines is 1. The first-order valence-electron chi connectivity index (χ1n) is 6.20. The fourth-order valence-corrected chi connectivity index (χ4v) is 3.19. The van der Waals surface area contributed by atoms with Crippen molar-refractivity contribution in [2.75, 3.05) is 26.0 Å². The highest BCUT2D eigenvalue weighted by atomic mass is 35.5. The molecular formula is C13H19ClN2O3S. The number of carbonyl (C=O) groups excluding carboxylic acids is 1. The number of methoxy groups -OCH3 is 1. The summed E-state index contributed by atoms with van der Waals surface area (Å²) in [4.78, 5) is 12.2. The molecular weight excluding hydrogens is 300 g/mol. The summed E-state index contributed by atoms with van der Waals surface area (Å²) in [5, 5.41) is 2.30. The van der Waals surface area contributed by atoms with Crippen molar-refractivity contribution in [2.45, 2.75) is 23.5 Å². The fourth-order valence-electron chi connectivity index (χ4n) is 1.58. The summed E-state index contributed by atoms with van der Waals surface area (Å²) in [6.45, 7) is 2.63. The van der Waals surface area contributed by atoms with Gasteiger partial charge in [-0.2, -0.15) is 0 Å². The summed E-state index contributed by atoms with van der Waals surface area (Å²) in [7, 11) is 0.00807. The van der Waals surface area contributed by atoms with Gasteiger partial charge in [0.05, 0.1) is 20.7 Å². The van der Waals surface area contributed by atoms with Crippen molar-refractivity contribution >= 4 is 34.0 Å². The van der Waals surface area contributed by atoms with Crippen LogP contribution in [0.1, 0.15) is 13.3 Å². The summed E-state index contributed by atoms with van der Waals surface area (Å²) in [5.74, 6) is -0.293. The third-order valence-corrected chi connectivity index (χ3v) is 4.85. The van der Waals surface area contributed by atoms with Crippen molar-refractivity contribution in [1.29, 1.82) is 0 Å². The summed E-state index contributed by atoms with van der Waals surface area (Å²) >= 11 is 6.00. The predicted octanol–water partition coefficient (Wildman–Crippen LogP) is 1.57. The molecule has 0 radical (unpaired) electrons. The number of nitrogens with two attached hydrogens (primary N) is 1. The summed E-state index contributed by atoms with van der Waals surface area (Å²) in [6.07, 6.45) is 0.704. The maximum atomic E-state index is 12.4. The SMILES string of the molecule is COCCCNC(=O)C(C)S(=O)c1c(N)cccc1Cl. The molecule has 112 valence electrons. The van der Waals surface area contributed by atoms with Crippen LogP contribution in [-0.4, -0.2) is 35.6 Å². The Morgan fingerprint density at radius 3 is 2.85 bits per heavy atom. The van der Waals surface area contributed by atoms with E-state index in [1.165, 1.54) is 0 Å². The quantitative estimate of drug-likeness (QED) is 0.590. The summed E-state index contributed by atoms with van der Waals surface area (Å²) in [5.41, 5.74) is 6.10. The molecule has 1 rings (SSSR count). The molecule has 3 N–H and O–H groups in total. The summed E-state index contributed by atoms with van der Waals surface area (Å²) in [6, 6.07) is 4.89. The molecule has 0 bridgehead atoms. The van der Waals surface area contributed by atoms with Gasteiger partial charge in [-0.25, -0.2) is 0 Å². The number of ether oxygens (including phenoxy) is 1. The van der Waals surface area contributed by atoms with Crippen LogP contribution < -0.4 is 11.1 Å². The Labute approximate surface area is 126 Å². The number of hydrogen-bond donors (Lipinski definition) is 2. The van der Waals surface area contributed by atoms with Crippen LogP contribution in [0.4, 0.5) is 5.69 Å². The lowest BCUT2D eigenvalue weighted by Gasteiger charge is -2.14. The number of halogens is 1. The van der Waals surface area contributed by atoms with Crippen molar-refractivity contribution in [3.8, 4) is 0 Å². The number of carbonyl (C=O) groups is 1. The van der Waals surface area contributed by atoms with Crippen molar-refractivity contribution in [2.24, 2.45) is 0 Å². The Morgan fingerprint density at radius 1 is 1.55 bits per heavy atom. The molecule has 5 nitrogen and oxygen atoms in total. The van der Waals surface area contributed by atoms with Crippen LogP contribution in [0.3, 0.4) is 0 Å². The summed E-state index contributed by atoms with van der Waals surface area (Å²) < 4.78 is 17.3. The Hall–Kier alpha value is -1.11. The molecule has 0 aromatic heterocycles. The second-order valence-electron chi connectivity index (χ2n) is 4.24. The smallest absolute Gasteiger partial charge is 0.235 e. The van der Waals surface area contributed by atoms with Gasteiger partial charge < -0.3 is 15.8 Å². The van der Waals surface area contributed by atoms with Crippen molar-refractivity contribution in [3.63, 3.8) is 0 Å². The van der Waals surface area contributed by atoms with Gasteiger partial charge in [0.1, 0.15) is 5.25 Å². The molecule has 0 aliphatic carbocycles. The third-order valence-electron chi connectivity index (χ3n) is 2.71. The van der Waals surface area contributed by atoms with Gasteiger partial charge in [-0.3, -0.25) is 9.00 Å². The second kappa shape index (κ2) is 8.24. The van der Waals surface area contributed by atoms with Crippen molar-refractivity contribution < 1.29 is 13.7 Å². The van der Waals surface area contributed by atoms with E-state index >= 15 is 0 Å². The van der Waals surface area contributed by atoms with Crippen molar-refractivity contribution in [3.05, 3.63) is 23.2 Å². The molecule has 7 heteroatoms. The predicted molar refractivity (Wildman–Crippen MR) is 81.2 cm³/mol. The van der Waals surface area contributed by atoms with E-state index < -0.39 is 16.0 Å². The Bertz CT molecular complexity index is 476. The normalized spacial score (nSPS) is 13.8. The first kappa shape index (κ1) is 16.9. The van der Waals surface area contributed by atoms with Gasteiger partial charge in [0.2, 0.25) is 5.91 Å². The number of benzene rings is 1. The molecule has 20 heavy (non-hydrogen) atoms. The van der Waals surface area contributed by atoms with Crippen LogP contribution in [0.5, 0.6) is 0 Å². The lowest BCUT2D eigenvalue weighted by molar-refractivity contribution is -0.120. The number of rotatable bonds is 7. The van der Waals surface area contributed by atoms with Gasteiger partial charge in [0.15, 0.2) is 0 Å². The largest absolute Gasteiger partial charge is 0.398 e. The number of nitrogen functional groups attached to an aromatic ring is 1. The molecule has 0 aliphatic rings. The van der Waals surface area contributed by atoms with Gasteiger partial charge >= 0.3 is 0 Å². The Kier molecular flexibility index (Phi) is 6.98. The van der Waals surface area contributed by atoms with Crippen LogP contribution in [0.25, 0.3) is 0 Å². The highest BCUT2D eigenvalue weighted by Crippen LogP contribution is 2.27. The first-order chi connectivity index (χ1) is 9.49. The van der Waals surface area contributed by atoms with Gasteiger partial charge in [-0.1, -0.05) is 17.7 Å². The zero-order chi connectivity index (χ0) is 15.1. The molecule has 2 unspecified atom stereocenters. The average Bonchev–Trinajstić information content (AvgIpc) is 2.42. The molecule has 1 aromatic carbocycles. The van der Waals surface area contributed by atoms with Gasteiger partial charge in [-0.05, 0) is 25.5 Å². The van der Waals surface area contributed by atoms with Crippen LogP contribution in [0.15, 0.2) is 23.1 Å². The van der Waals surface area contributed by atoms with E-state index in [1.54, 1.807) is 32.2 Å². The van der Waals surface area contributed by atoms with E-state index in [1.807, 2.05) is 0 Å². The second-order valence-corrected chi connectivity index (χ2v) is 6.35. The minimum Gasteiger partial charge on any atom is -0.398 e. The lowest BCUT2D eigenvalue weighted by atomic mass is 10.3. The standard InChI is InChI=1S/C13H19ClN2O3S/c1-9(13(17)16-7-4-8-19-2)20(18)12-10(14)5-3-6-11(12)15/h3,5-6,9H,4,7-8,15H2,1-2H3,(H,16,17).